The molecule has 0 bridgehead atoms. The van der Waals surface area contributed by atoms with E-state index >= 15 is 4.48 Å². The largest absolute Gasteiger partial charge is 0.439 e. The van der Waals surface area contributed by atoms with Crippen molar-refractivity contribution in [1.82, 2.24) is 9.77 Å². The molecule has 1 atom stereocenters. The Morgan fingerprint density at radius 3 is 2.55 bits per heavy atom. The molecule has 2 aromatic heterocycles. The number of para-hydroxylation sites is 1. The summed E-state index contributed by atoms with van der Waals surface area (Å²) < 4.78 is 21.6. The van der Waals surface area contributed by atoms with Gasteiger partial charge in [0.15, 0.2) is 0 Å². The molecule has 0 aliphatic carbocycles. The lowest BCUT2D eigenvalue weighted by Gasteiger charge is -2.32. The van der Waals surface area contributed by atoms with Gasteiger partial charge in [0, 0.05) is 41.5 Å². The number of carbonyl (C=O) groups excluding carboxylic acids is 1. The molecule has 0 N–H and O–H groups in total. The van der Waals surface area contributed by atoms with E-state index < -0.39 is 11.6 Å². The van der Waals surface area contributed by atoms with E-state index in [9.17, 15) is 4.79 Å². The lowest BCUT2D eigenvalue weighted by atomic mass is 9.79. The number of ether oxygens (including phenoxy) is 1. The second-order valence-electron chi connectivity index (χ2n) is 8.40. The number of hydrogen-bond donors (Lipinski definition) is 0. The van der Waals surface area contributed by atoms with Crippen molar-refractivity contribution in [3.05, 3.63) is 94.4 Å². The Labute approximate surface area is 192 Å². The molecule has 4 aromatic rings. The second kappa shape index (κ2) is 7.73. The molecule has 0 spiro atoms. The van der Waals surface area contributed by atoms with Gasteiger partial charge in [0.25, 0.3) is 0 Å². The van der Waals surface area contributed by atoms with Crippen LogP contribution >= 0.6 is 0 Å². The van der Waals surface area contributed by atoms with Gasteiger partial charge in [-0.25, -0.2) is 4.79 Å². The first-order valence-electron chi connectivity index (χ1n) is 11.3. The van der Waals surface area contributed by atoms with Crippen LogP contribution in [0.25, 0.3) is 10.9 Å². The molecular formula is C27H26FN3O2. The zero-order valence-electron chi connectivity index (χ0n) is 19.2. The number of hydrogen-bond acceptors (Lipinski definition) is 4. The van der Waals surface area contributed by atoms with E-state index in [1.807, 2.05) is 31.2 Å². The number of esters is 1. The number of anilines is 1. The van der Waals surface area contributed by atoms with Crippen LogP contribution in [0.4, 0.5) is 10.2 Å². The molecule has 2 aromatic carbocycles. The number of rotatable bonds is 5. The van der Waals surface area contributed by atoms with Gasteiger partial charge in [-0.05, 0) is 63.6 Å². The van der Waals surface area contributed by atoms with Gasteiger partial charge in [-0.3, -0.25) is 4.98 Å². The van der Waals surface area contributed by atoms with Gasteiger partial charge in [-0.2, -0.15) is 4.79 Å². The van der Waals surface area contributed by atoms with Gasteiger partial charge in [-0.15, -0.1) is 0 Å². The smallest absolute Gasteiger partial charge is 0.341 e. The van der Waals surface area contributed by atoms with Crippen LogP contribution in [0.1, 0.15) is 52.3 Å². The SMILES string of the molecule is CCN(CC)c1ccc(C2(c3c(C)n(F)c4ccccc34)OC(=O)c3cccnc32)c(C)c1. The monoisotopic (exact) mass is 443 g/mol. The van der Waals surface area contributed by atoms with Crippen molar-refractivity contribution in [2.24, 2.45) is 0 Å². The standard InChI is InChI=1S/C27H26FN3O2/c1-5-30(6-2)19-13-14-22(17(3)16-19)27(25-21(26(32)33-27)11-9-15-29-25)24-18(4)31(28)23-12-8-7-10-20(23)24/h7-16H,5-6H2,1-4H3. The van der Waals surface area contributed by atoms with Crippen LogP contribution in [0, 0.1) is 13.8 Å². The van der Waals surface area contributed by atoms with Crippen molar-refractivity contribution in [3.8, 4) is 0 Å². The molecule has 0 amide bonds. The van der Waals surface area contributed by atoms with Crippen LogP contribution in [-0.4, -0.2) is 28.8 Å². The molecule has 1 aliphatic rings. The number of fused-ring (bicyclic) bond motifs is 2. The van der Waals surface area contributed by atoms with Crippen molar-refractivity contribution in [2.75, 3.05) is 18.0 Å². The summed E-state index contributed by atoms with van der Waals surface area (Å²) in [6.07, 6.45) is 1.65. The molecule has 33 heavy (non-hydrogen) atoms. The lowest BCUT2D eigenvalue weighted by Crippen LogP contribution is -2.32. The summed E-state index contributed by atoms with van der Waals surface area (Å²) >= 11 is 0. The summed E-state index contributed by atoms with van der Waals surface area (Å²) in [5, 5.41) is 0.691. The Bertz CT molecular complexity index is 1390. The predicted molar refractivity (Wildman–Crippen MR) is 127 cm³/mol. The molecule has 0 saturated heterocycles. The molecule has 1 aliphatic heterocycles. The maximum absolute atomic E-state index is 15.3. The van der Waals surface area contributed by atoms with Crippen molar-refractivity contribution in [1.29, 1.82) is 0 Å². The Hall–Kier alpha value is -3.67. The van der Waals surface area contributed by atoms with Gasteiger partial charge in [0.1, 0.15) is 5.69 Å². The average Bonchev–Trinajstić information content (AvgIpc) is 3.26. The van der Waals surface area contributed by atoms with Crippen LogP contribution in [0.2, 0.25) is 0 Å². The van der Waals surface area contributed by atoms with Crippen LogP contribution in [-0.2, 0) is 10.3 Å². The minimum atomic E-state index is -1.35. The highest BCUT2D eigenvalue weighted by atomic mass is 19.2. The Morgan fingerprint density at radius 2 is 1.82 bits per heavy atom. The van der Waals surface area contributed by atoms with E-state index in [0.29, 0.717) is 38.2 Å². The van der Waals surface area contributed by atoms with Crippen LogP contribution in [0.3, 0.4) is 0 Å². The van der Waals surface area contributed by atoms with E-state index in [0.717, 1.165) is 29.9 Å². The van der Waals surface area contributed by atoms with E-state index in [1.54, 1.807) is 37.4 Å². The number of cyclic esters (lactones) is 1. The van der Waals surface area contributed by atoms with Gasteiger partial charge in [0.05, 0.1) is 16.8 Å². The topological polar surface area (TPSA) is 47.4 Å². The molecule has 5 rings (SSSR count). The lowest BCUT2D eigenvalue weighted by molar-refractivity contribution is 0.0242. The second-order valence-corrected chi connectivity index (χ2v) is 8.40. The van der Waals surface area contributed by atoms with Crippen LogP contribution in [0.5, 0.6) is 0 Å². The quantitative estimate of drug-likeness (QED) is 0.372. The molecule has 5 nitrogen and oxygen atoms in total. The first-order valence-corrected chi connectivity index (χ1v) is 11.3. The summed E-state index contributed by atoms with van der Waals surface area (Å²) in [5.41, 5.74) is 3.78. The minimum Gasteiger partial charge on any atom is -0.439 e. The Kier molecular flexibility index (Phi) is 4.96. The number of carbonyl (C=O) groups is 1. The van der Waals surface area contributed by atoms with Gasteiger partial charge in [0.2, 0.25) is 5.60 Å². The Morgan fingerprint density at radius 1 is 1.06 bits per heavy atom. The molecule has 6 heteroatoms. The number of benzene rings is 2. The van der Waals surface area contributed by atoms with E-state index in [4.69, 9.17) is 4.74 Å². The summed E-state index contributed by atoms with van der Waals surface area (Å²) in [5.74, 6) is -0.458. The number of aromatic nitrogens is 2. The zero-order valence-corrected chi connectivity index (χ0v) is 19.2. The third kappa shape index (κ3) is 2.90. The number of aryl methyl sites for hydroxylation is 1. The van der Waals surface area contributed by atoms with Crippen molar-refractivity contribution >= 4 is 22.6 Å². The highest BCUT2D eigenvalue weighted by Crippen LogP contribution is 2.51. The maximum atomic E-state index is 15.3. The summed E-state index contributed by atoms with van der Waals surface area (Å²) in [6.45, 7) is 9.72. The van der Waals surface area contributed by atoms with Gasteiger partial charge >= 0.3 is 5.97 Å². The number of nitrogens with zero attached hydrogens (tertiary/aromatic N) is 3. The number of halogens is 1. The molecule has 168 valence electrons. The predicted octanol–water partition coefficient (Wildman–Crippen LogP) is 5.69. The fourth-order valence-electron chi connectivity index (χ4n) is 5.18. The first-order chi connectivity index (χ1) is 15.9. The maximum Gasteiger partial charge on any atom is 0.341 e. The van der Waals surface area contributed by atoms with E-state index in [2.05, 4.69) is 29.8 Å². The number of pyridine rings is 1. The summed E-state index contributed by atoms with van der Waals surface area (Å²) in [7, 11) is 0. The Balaban J connectivity index is 1.87. The van der Waals surface area contributed by atoms with Crippen molar-refractivity contribution < 1.29 is 14.0 Å². The molecule has 0 saturated carbocycles. The fraction of sp³-hybridized carbons (Fsp3) is 0.259. The molecule has 0 fully saturated rings. The minimum absolute atomic E-state index is 0.384. The highest BCUT2D eigenvalue weighted by molar-refractivity contribution is 5.98. The average molecular weight is 444 g/mol. The van der Waals surface area contributed by atoms with Crippen LogP contribution < -0.4 is 4.90 Å². The van der Waals surface area contributed by atoms with Gasteiger partial charge < -0.3 is 9.64 Å². The third-order valence-electron chi connectivity index (χ3n) is 6.72. The van der Waals surface area contributed by atoms with Crippen LogP contribution in [0.15, 0.2) is 60.8 Å². The highest BCUT2D eigenvalue weighted by Gasteiger charge is 2.53. The zero-order chi connectivity index (χ0) is 23.3. The van der Waals surface area contributed by atoms with Gasteiger partial charge in [-0.1, -0.05) is 28.7 Å². The summed E-state index contributed by atoms with van der Waals surface area (Å²) in [4.78, 5) is 20.6. The fourth-order valence-corrected chi connectivity index (χ4v) is 5.18. The first kappa shape index (κ1) is 21.2. The van der Waals surface area contributed by atoms with Crippen molar-refractivity contribution in [3.63, 3.8) is 0 Å². The van der Waals surface area contributed by atoms with Crippen molar-refractivity contribution in [2.45, 2.75) is 33.3 Å². The van der Waals surface area contributed by atoms with E-state index in [1.165, 1.54) is 0 Å². The molecule has 0 radical (unpaired) electrons. The normalized spacial score (nSPS) is 17.3. The third-order valence-corrected chi connectivity index (χ3v) is 6.72. The van der Waals surface area contributed by atoms with E-state index in [-0.39, 0.29) is 0 Å². The summed E-state index contributed by atoms with van der Waals surface area (Å²) in [6, 6.07) is 16.8. The molecular weight excluding hydrogens is 417 g/mol. The molecule has 1 unspecified atom stereocenters. The molecule has 3 heterocycles.